The van der Waals surface area contributed by atoms with Gasteiger partial charge in [-0.1, -0.05) is 6.07 Å². The molecule has 0 aliphatic carbocycles. The molecular weight excluding hydrogens is 164 g/mol. The molecule has 68 valence electrons. The Kier molecular flexibility index (Phi) is 1.72. The Hall–Kier alpha value is -1.51. The minimum atomic E-state index is -0.0249. The predicted octanol–water partition coefficient (Wildman–Crippen LogP) is 1.66. The minimum Gasteiger partial charge on any atom is -0.306 e. The van der Waals surface area contributed by atoms with Gasteiger partial charge in [-0.15, -0.1) is 0 Å². The maximum Gasteiger partial charge on any atom is 0.326 e. The highest BCUT2D eigenvalue weighted by molar-refractivity contribution is 5.75. The second-order valence-electron chi connectivity index (χ2n) is 3.20. The van der Waals surface area contributed by atoms with Gasteiger partial charge >= 0.3 is 5.69 Å². The van der Waals surface area contributed by atoms with Crippen LogP contribution in [0.2, 0.25) is 0 Å². The molecule has 0 saturated heterocycles. The molecule has 0 radical (unpaired) electrons. The number of aryl methyl sites for hydroxylation is 2. The summed E-state index contributed by atoms with van der Waals surface area (Å²) in [6.45, 7) is 4.69. The zero-order valence-electron chi connectivity index (χ0n) is 7.79. The van der Waals surface area contributed by atoms with Crippen LogP contribution in [0.1, 0.15) is 12.5 Å². The Morgan fingerprint density at radius 3 is 2.92 bits per heavy atom. The van der Waals surface area contributed by atoms with E-state index in [1.165, 1.54) is 0 Å². The predicted molar refractivity (Wildman–Crippen MR) is 53.0 cm³/mol. The van der Waals surface area contributed by atoms with Gasteiger partial charge in [0.25, 0.3) is 0 Å². The van der Waals surface area contributed by atoms with Gasteiger partial charge < -0.3 is 4.98 Å². The first kappa shape index (κ1) is 8.10. The molecule has 0 bridgehead atoms. The van der Waals surface area contributed by atoms with Crippen molar-refractivity contribution < 1.29 is 0 Å². The van der Waals surface area contributed by atoms with Crippen molar-refractivity contribution in [1.82, 2.24) is 9.55 Å². The fourth-order valence-corrected chi connectivity index (χ4v) is 1.59. The third-order valence-corrected chi connectivity index (χ3v) is 2.25. The summed E-state index contributed by atoms with van der Waals surface area (Å²) in [5.41, 5.74) is 3.05. The maximum atomic E-state index is 11.4. The lowest BCUT2D eigenvalue weighted by Gasteiger charge is -1.97. The number of aromatic amines is 1. The van der Waals surface area contributed by atoms with Gasteiger partial charge in [0, 0.05) is 6.54 Å². The molecule has 1 heterocycles. The largest absolute Gasteiger partial charge is 0.326 e. The summed E-state index contributed by atoms with van der Waals surface area (Å²) in [5.74, 6) is 0. The van der Waals surface area contributed by atoms with E-state index < -0.39 is 0 Å². The second kappa shape index (κ2) is 2.76. The van der Waals surface area contributed by atoms with Gasteiger partial charge in [-0.25, -0.2) is 4.79 Å². The Bertz CT molecular complexity index is 493. The number of imidazole rings is 1. The molecule has 1 aromatic heterocycles. The smallest absolute Gasteiger partial charge is 0.306 e. The third-order valence-electron chi connectivity index (χ3n) is 2.25. The number of hydrogen-bond acceptors (Lipinski definition) is 1. The van der Waals surface area contributed by atoms with Crippen LogP contribution in [-0.2, 0) is 6.54 Å². The van der Waals surface area contributed by atoms with Gasteiger partial charge in [-0.3, -0.25) is 4.57 Å². The fourth-order valence-electron chi connectivity index (χ4n) is 1.59. The van der Waals surface area contributed by atoms with E-state index in [0.29, 0.717) is 6.54 Å². The zero-order valence-corrected chi connectivity index (χ0v) is 7.79. The Morgan fingerprint density at radius 1 is 1.46 bits per heavy atom. The van der Waals surface area contributed by atoms with Gasteiger partial charge in [0.05, 0.1) is 11.0 Å². The molecule has 0 aliphatic heterocycles. The molecule has 1 N–H and O–H groups in total. The van der Waals surface area contributed by atoms with E-state index in [0.717, 1.165) is 16.6 Å². The maximum absolute atomic E-state index is 11.4. The zero-order chi connectivity index (χ0) is 9.42. The van der Waals surface area contributed by atoms with Crippen molar-refractivity contribution in [1.29, 1.82) is 0 Å². The van der Waals surface area contributed by atoms with Crippen molar-refractivity contribution in [3.05, 3.63) is 34.2 Å². The first-order chi connectivity index (χ1) is 6.22. The standard InChI is InChI=1S/C10H12N2O/c1-3-12-9-5-4-7(2)6-8(9)11-10(12)13/h4-6H,3H2,1-2H3,(H,11,13). The average Bonchev–Trinajstić information content (AvgIpc) is 2.39. The van der Waals surface area contributed by atoms with E-state index in [2.05, 4.69) is 4.98 Å². The normalized spacial score (nSPS) is 10.9. The number of H-pyrrole nitrogens is 1. The lowest BCUT2D eigenvalue weighted by atomic mass is 10.2. The van der Waals surface area contributed by atoms with E-state index >= 15 is 0 Å². The summed E-state index contributed by atoms with van der Waals surface area (Å²) >= 11 is 0. The molecule has 0 atom stereocenters. The van der Waals surface area contributed by atoms with Gasteiger partial charge in [0.1, 0.15) is 0 Å². The van der Waals surface area contributed by atoms with E-state index in [9.17, 15) is 4.79 Å². The Labute approximate surface area is 76.0 Å². The third kappa shape index (κ3) is 1.16. The fraction of sp³-hybridized carbons (Fsp3) is 0.300. The summed E-state index contributed by atoms with van der Waals surface area (Å²) in [6, 6.07) is 5.98. The quantitative estimate of drug-likeness (QED) is 0.705. The van der Waals surface area contributed by atoms with E-state index in [1.54, 1.807) is 4.57 Å². The number of aromatic nitrogens is 2. The molecule has 0 spiro atoms. The Balaban J connectivity index is 2.87. The lowest BCUT2D eigenvalue weighted by Crippen LogP contribution is -2.14. The number of benzene rings is 1. The number of nitrogens with one attached hydrogen (secondary N) is 1. The molecule has 0 aliphatic rings. The van der Waals surface area contributed by atoms with Crippen molar-refractivity contribution in [3.8, 4) is 0 Å². The molecule has 0 fully saturated rings. The van der Waals surface area contributed by atoms with Crippen LogP contribution >= 0.6 is 0 Å². The van der Waals surface area contributed by atoms with Crippen molar-refractivity contribution >= 4 is 11.0 Å². The van der Waals surface area contributed by atoms with Crippen molar-refractivity contribution in [2.24, 2.45) is 0 Å². The highest BCUT2D eigenvalue weighted by Crippen LogP contribution is 2.11. The summed E-state index contributed by atoms with van der Waals surface area (Å²) in [6.07, 6.45) is 0. The number of rotatable bonds is 1. The molecule has 0 amide bonds. The summed E-state index contributed by atoms with van der Waals surface area (Å²) in [4.78, 5) is 14.2. The van der Waals surface area contributed by atoms with Crippen molar-refractivity contribution in [3.63, 3.8) is 0 Å². The molecule has 1 aromatic carbocycles. The Morgan fingerprint density at radius 2 is 2.23 bits per heavy atom. The van der Waals surface area contributed by atoms with E-state index in [-0.39, 0.29) is 5.69 Å². The minimum absolute atomic E-state index is 0.0249. The van der Waals surface area contributed by atoms with Crippen LogP contribution in [0.25, 0.3) is 11.0 Å². The molecule has 3 heteroatoms. The van der Waals surface area contributed by atoms with Crippen LogP contribution in [0.3, 0.4) is 0 Å². The summed E-state index contributed by atoms with van der Waals surface area (Å²) < 4.78 is 1.73. The first-order valence-corrected chi connectivity index (χ1v) is 4.41. The number of fused-ring (bicyclic) bond motifs is 1. The van der Waals surface area contributed by atoms with Crippen molar-refractivity contribution in [2.45, 2.75) is 20.4 Å². The molecule has 0 unspecified atom stereocenters. The number of nitrogens with zero attached hydrogens (tertiary/aromatic N) is 1. The molecular formula is C10H12N2O. The first-order valence-electron chi connectivity index (χ1n) is 4.41. The molecule has 13 heavy (non-hydrogen) atoms. The molecule has 2 rings (SSSR count). The highest BCUT2D eigenvalue weighted by Gasteiger charge is 2.03. The van der Waals surface area contributed by atoms with Gasteiger partial charge in [-0.05, 0) is 31.5 Å². The topological polar surface area (TPSA) is 37.8 Å². The highest BCUT2D eigenvalue weighted by atomic mass is 16.1. The number of hydrogen-bond donors (Lipinski definition) is 1. The molecule has 2 aromatic rings. The van der Waals surface area contributed by atoms with Crippen LogP contribution in [0, 0.1) is 6.92 Å². The van der Waals surface area contributed by atoms with Crippen LogP contribution < -0.4 is 5.69 Å². The second-order valence-corrected chi connectivity index (χ2v) is 3.20. The molecule has 0 saturated carbocycles. The van der Waals surface area contributed by atoms with Gasteiger partial charge in [-0.2, -0.15) is 0 Å². The summed E-state index contributed by atoms with van der Waals surface area (Å²) in [7, 11) is 0. The van der Waals surface area contributed by atoms with Gasteiger partial charge in [0.15, 0.2) is 0 Å². The van der Waals surface area contributed by atoms with Crippen LogP contribution in [0.15, 0.2) is 23.0 Å². The lowest BCUT2D eigenvalue weighted by molar-refractivity contribution is 0.753. The summed E-state index contributed by atoms with van der Waals surface area (Å²) in [5, 5.41) is 0. The SMILES string of the molecule is CCn1c(=O)[nH]c2cc(C)ccc21. The molecule has 3 nitrogen and oxygen atoms in total. The van der Waals surface area contributed by atoms with Crippen LogP contribution in [0.4, 0.5) is 0 Å². The van der Waals surface area contributed by atoms with E-state index in [4.69, 9.17) is 0 Å². The van der Waals surface area contributed by atoms with Crippen LogP contribution in [-0.4, -0.2) is 9.55 Å². The average molecular weight is 176 g/mol. The van der Waals surface area contributed by atoms with Crippen LogP contribution in [0.5, 0.6) is 0 Å². The van der Waals surface area contributed by atoms with Crippen molar-refractivity contribution in [2.75, 3.05) is 0 Å². The van der Waals surface area contributed by atoms with Gasteiger partial charge in [0.2, 0.25) is 0 Å². The van der Waals surface area contributed by atoms with E-state index in [1.807, 2.05) is 32.0 Å². The monoisotopic (exact) mass is 176 g/mol.